The van der Waals surface area contributed by atoms with Crippen LogP contribution < -0.4 is 19.9 Å². The summed E-state index contributed by atoms with van der Waals surface area (Å²) < 4.78 is 6.08. The summed E-state index contributed by atoms with van der Waals surface area (Å²) in [7, 11) is 3.21. The molecule has 3 aromatic heterocycles. The number of benzene rings is 2. The highest BCUT2D eigenvalue weighted by Gasteiger charge is 2.20. The fourth-order valence-corrected chi connectivity index (χ4v) is 5.20. The molecule has 12 heteroatoms. The Hall–Kier alpha value is -5.32. The molecule has 0 spiro atoms. The average molecular weight is 670 g/mol. The van der Waals surface area contributed by atoms with E-state index in [1.54, 1.807) is 62.9 Å². The van der Waals surface area contributed by atoms with Crippen molar-refractivity contribution in [2.45, 2.75) is 13.5 Å². The number of carbonyl (C=O) groups excluding carboxylic acids is 3. The van der Waals surface area contributed by atoms with Crippen molar-refractivity contribution < 1.29 is 19.1 Å². The molecule has 10 nitrogen and oxygen atoms in total. The van der Waals surface area contributed by atoms with Crippen LogP contribution in [0, 0.1) is 6.92 Å². The number of aryl methyl sites for hydroxylation is 1. The van der Waals surface area contributed by atoms with Crippen molar-refractivity contribution in [1.29, 1.82) is 0 Å². The first-order valence-corrected chi connectivity index (χ1v) is 15.2. The zero-order valence-electron chi connectivity index (χ0n) is 25.8. The number of hydrogen-bond donors (Lipinski definition) is 1. The molecule has 238 valence electrons. The second kappa shape index (κ2) is 14.8. The van der Waals surface area contributed by atoms with Crippen LogP contribution in [0.25, 0.3) is 17.0 Å². The maximum atomic E-state index is 13.0. The molecule has 2 aromatic carbocycles. The first-order valence-electron chi connectivity index (χ1n) is 14.4. The number of likely N-dealkylation sites (N-methyl/N-ethyl adjacent to an activating group) is 1. The Morgan fingerprint density at radius 3 is 2.47 bits per heavy atom. The number of nitrogens with zero attached hydrogens (tertiary/aromatic N) is 5. The van der Waals surface area contributed by atoms with Crippen LogP contribution in [0.5, 0.6) is 5.75 Å². The van der Waals surface area contributed by atoms with Crippen LogP contribution in [-0.4, -0.2) is 53.3 Å². The lowest BCUT2D eigenvalue weighted by atomic mass is 10.1. The first-order chi connectivity index (χ1) is 22.6. The van der Waals surface area contributed by atoms with E-state index in [0.717, 1.165) is 16.6 Å². The monoisotopic (exact) mass is 668 g/mol. The highest BCUT2D eigenvalue weighted by Crippen LogP contribution is 2.35. The molecule has 0 bridgehead atoms. The van der Waals surface area contributed by atoms with Crippen LogP contribution in [0.3, 0.4) is 0 Å². The molecule has 0 fully saturated rings. The number of halogens is 2. The molecule has 0 saturated carbocycles. The van der Waals surface area contributed by atoms with Gasteiger partial charge in [0.15, 0.2) is 0 Å². The minimum absolute atomic E-state index is 0.0508. The number of amides is 3. The number of ether oxygens (including phenoxy) is 1. The SMILES string of the molecule is Cc1ccc2cccc(OCc3c(Cl)ccc(N(C)C(=O)CNC(=O)C=Cc4ccc(C(=O)N(C)c5ccncc5)nc4)c3Cl)c2n1. The van der Waals surface area contributed by atoms with Gasteiger partial charge in [0.1, 0.15) is 23.6 Å². The topological polar surface area (TPSA) is 118 Å². The molecule has 0 atom stereocenters. The Labute approximate surface area is 281 Å². The number of para-hydroxylation sites is 1. The largest absolute Gasteiger partial charge is 0.487 e. The summed E-state index contributed by atoms with van der Waals surface area (Å²) in [6.07, 6.45) is 7.50. The number of carbonyl (C=O) groups is 3. The molecule has 0 radical (unpaired) electrons. The summed E-state index contributed by atoms with van der Waals surface area (Å²) in [6.45, 7) is 1.68. The van der Waals surface area contributed by atoms with E-state index >= 15 is 0 Å². The lowest BCUT2D eigenvalue weighted by molar-refractivity contribution is -0.122. The van der Waals surface area contributed by atoms with Gasteiger partial charge in [0, 0.05) is 66.1 Å². The molecule has 0 aliphatic heterocycles. The molecule has 0 saturated heterocycles. The molecule has 47 heavy (non-hydrogen) atoms. The van der Waals surface area contributed by atoms with Crippen LogP contribution in [0.15, 0.2) is 91.4 Å². The van der Waals surface area contributed by atoms with Crippen molar-refractivity contribution in [3.05, 3.63) is 124 Å². The van der Waals surface area contributed by atoms with Crippen LogP contribution in [0.2, 0.25) is 10.0 Å². The van der Waals surface area contributed by atoms with Crippen LogP contribution >= 0.6 is 23.2 Å². The first kappa shape index (κ1) is 33.1. The van der Waals surface area contributed by atoms with Crippen LogP contribution in [-0.2, 0) is 16.2 Å². The van der Waals surface area contributed by atoms with Gasteiger partial charge in [-0.1, -0.05) is 47.5 Å². The quantitative estimate of drug-likeness (QED) is 0.174. The highest BCUT2D eigenvalue weighted by molar-refractivity contribution is 6.38. The predicted octanol–water partition coefficient (Wildman–Crippen LogP) is 6.29. The molecule has 3 amide bonds. The highest BCUT2D eigenvalue weighted by atomic mass is 35.5. The molecule has 5 aromatic rings. The minimum atomic E-state index is -0.487. The van der Waals surface area contributed by atoms with Gasteiger partial charge in [-0.25, -0.2) is 4.98 Å². The van der Waals surface area contributed by atoms with Gasteiger partial charge < -0.3 is 19.9 Å². The van der Waals surface area contributed by atoms with E-state index in [9.17, 15) is 14.4 Å². The standard InChI is InChI=1S/C35H30Cl2N6O4/c1-22-7-10-24-5-4-6-30(34(24)41-22)47-21-26-27(36)11-13-29(33(26)37)43(3)32(45)20-40-31(44)14-9-23-8-12-28(39-19-23)35(46)42(2)25-15-17-38-18-16-25/h4-19H,20-21H2,1-3H3,(H,40,44). The maximum Gasteiger partial charge on any atom is 0.276 e. The summed E-state index contributed by atoms with van der Waals surface area (Å²) in [5, 5.41) is 4.15. The van der Waals surface area contributed by atoms with E-state index in [0.29, 0.717) is 33.3 Å². The molecular weight excluding hydrogens is 639 g/mol. The van der Waals surface area contributed by atoms with E-state index < -0.39 is 11.8 Å². The number of aromatic nitrogens is 3. The second-order valence-electron chi connectivity index (χ2n) is 10.5. The summed E-state index contributed by atoms with van der Waals surface area (Å²) >= 11 is 13.2. The fourth-order valence-electron chi connectivity index (χ4n) is 4.59. The van der Waals surface area contributed by atoms with Crippen molar-refractivity contribution in [2.75, 3.05) is 30.4 Å². The molecular formula is C35H30Cl2N6O4. The lowest BCUT2D eigenvalue weighted by Gasteiger charge is -2.21. The van der Waals surface area contributed by atoms with Gasteiger partial charge in [0.05, 0.1) is 17.3 Å². The maximum absolute atomic E-state index is 13.0. The number of pyridine rings is 3. The van der Waals surface area contributed by atoms with E-state index in [1.807, 2.05) is 37.3 Å². The molecule has 1 N–H and O–H groups in total. The number of nitrogens with one attached hydrogen (secondary N) is 1. The number of rotatable bonds is 10. The van der Waals surface area contributed by atoms with Crippen molar-refractivity contribution >= 4 is 69.3 Å². The molecule has 0 aliphatic carbocycles. The third-order valence-corrected chi connectivity index (χ3v) is 8.07. The zero-order valence-corrected chi connectivity index (χ0v) is 27.3. The molecule has 3 heterocycles. The third-order valence-electron chi connectivity index (χ3n) is 7.30. The summed E-state index contributed by atoms with van der Waals surface area (Å²) in [6, 6.07) is 19.5. The second-order valence-corrected chi connectivity index (χ2v) is 11.3. The number of hydrogen-bond acceptors (Lipinski definition) is 7. The van der Waals surface area contributed by atoms with Gasteiger partial charge in [-0.2, -0.15) is 0 Å². The van der Waals surface area contributed by atoms with Crippen LogP contribution in [0.1, 0.15) is 27.3 Å². The normalized spacial score (nSPS) is 11.0. The Morgan fingerprint density at radius 2 is 1.72 bits per heavy atom. The predicted molar refractivity (Wildman–Crippen MR) is 184 cm³/mol. The number of fused-ring (bicyclic) bond motifs is 1. The van der Waals surface area contributed by atoms with Crippen molar-refractivity contribution in [1.82, 2.24) is 20.3 Å². The van der Waals surface area contributed by atoms with Crippen molar-refractivity contribution in [3.63, 3.8) is 0 Å². The average Bonchev–Trinajstić information content (AvgIpc) is 3.09. The zero-order chi connectivity index (χ0) is 33.5. The van der Waals surface area contributed by atoms with Gasteiger partial charge in [-0.3, -0.25) is 24.4 Å². The van der Waals surface area contributed by atoms with Gasteiger partial charge in [0.2, 0.25) is 11.8 Å². The summed E-state index contributed by atoms with van der Waals surface area (Å²) in [5.41, 5.74) is 4.03. The number of anilines is 2. The van der Waals surface area contributed by atoms with E-state index in [1.165, 1.54) is 28.1 Å². The smallest absolute Gasteiger partial charge is 0.276 e. The van der Waals surface area contributed by atoms with Gasteiger partial charge >= 0.3 is 0 Å². The van der Waals surface area contributed by atoms with Crippen molar-refractivity contribution in [2.24, 2.45) is 0 Å². The van der Waals surface area contributed by atoms with Gasteiger partial charge in [0.25, 0.3) is 5.91 Å². The minimum Gasteiger partial charge on any atom is -0.487 e. The van der Waals surface area contributed by atoms with Gasteiger partial charge in [-0.05, 0) is 61.0 Å². The fraction of sp³-hybridized carbons (Fsp3) is 0.143. The molecule has 0 unspecified atom stereocenters. The van der Waals surface area contributed by atoms with E-state index in [4.69, 9.17) is 27.9 Å². The third kappa shape index (κ3) is 7.92. The van der Waals surface area contributed by atoms with E-state index in [2.05, 4.69) is 20.3 Å². The van der Waals surface area contributed by atoms with Gasteiger partial charge in [-0.15, -0.1) is 0 Å². The van der Waals surface area contributed by atoms with E-state index in [-0.39, 0.29) is 29.8 Å². The van der Waals surface area contributed by atoms with Crippen molar-refractivity contribution in [3.8, 4) is 5.75 Å². The van der Waals surface area contributed by atoms with Crippen LogP contribution in [0.4, 0.5) is 11.4 Å². The lowest BCUT2D eigenvalue weighted by Crippen LogP contribution is -2.37. The summed E-state index contributed by atoms with van der Waals surface area (Å²) in [4.78, 5) is 53.8. The molecule has 0 aliphatic rings. The Kier molecular flexibility index (Phi) is 10.4. The Morgan fingerprint density at radius 1 is 0.936 bits per heavy atom. The molecule has 5 rings (SSSR count). The Bertz CT molecular complexity index is 1970. The Balaban J connectivity index is 1.17. The summed E-state index contributed by atoms with van der Waals surface area (Å²) in [5.74, 6) is -0.596.